The van der Waals surface area contributed by atoms with Crippen LogP contribution in [0.15, 0.2) is 29.3 Å². The van der Waals surface area contributed by atoms with E-state index in [2.05, 4.69) is 20.6 Å². The second kappa shape index (κ2) is 11.4. The molecular weight excluding hydrogens is 504 g/mol. The molecule has 0 unspecified atom stereocenters. The normalized spacial score (nSPS) is 11.7. The molecule has 0 radical (unpaired) electrons. The lowest BCUT2D eigenvalue weighted by Crippen LogP contribution is -2.36. The Hall–Kier alpha value is -1.56. The number of ether oxygens (including phenoxy) is 1. The molecule has 2 N–H and O–H groups in total. The van der Waals surface area contributed by atoms with Crippen LogP contribution < -0.4 is 15.4 Å². The lowest BCUT2D eigenvalue weighted by atomic mass is 10.2. The highest BCUT2D eigenvalue weighted by Gasteiger charge is 2.28. The van der Waals surface area contributed by atoms with Crippen LogP contribution in [-0.4, -0.2) is 30.3 Å². The summed E-state index contributed by atoms with van der Waals surface area (Å²) < 4.78 is 41.2. The number of guanidine groups is 1. The largest absolute Gasteiger partial charge is 0.484 e. The molecule has 5 nitrogen and oxygen atoms in total. The van der Waals surface area contributed by atoms with E-state index >= 15 is 0 Å². The number of aromatic nitrogens is 1. The van der Waals surface area contributed by atoms with E-state index in [0.29, 0.717) is 25.6 Å². The Morgan fingerprint density at radius 2 is 1.86 bits per heavy atom. The first kappa shape index (κ1) is 24.5. The number of halogens is 4. The van der Waals surface area contributed by atoms with Crippen molar-refractivity contribution in [3.63, 3.8) is 0 Å². The minimum absolute atomic E-state index is 0. The summed E-state index contributed by atoms with van der Waals surface area (Å²) in [6.07, 6.45) is -4.34. The van der Waals surface area contributed by atoms with Crippen molar-refractivity contribution in [2.45, 2.75) is 40.0 Å². The van der Waals surface area contributed by atoms with Crippen molar-refractivity contribution >= 4 is 41.3 Å². The molecule has 0 atom stereocenters. The monoisotopic (exact) mass is 528 g/mol. The van der Waals surface area contributed by atoms with Crippen LogP contribution in [0.1, 0.15) is 28.1 Å². The summed E-state index contributed by atoms with van der Waals surface area (Å²) in [5.41, 5.74) is 1.90. The molecule has 0 amide bonds. The van der Waals surface area contributed by atoms with Gasteiger partial charge in [-0.05, 0) is 38.5 Å². The van der Waals surface area contributed by atoms with Crippen molar-refractivity contribution in [2.75, 3.05) is 13.2 Å². The summed E-state index contributed by atoms with van der Waals surface area (Å²) in [5.74, 6) is 0.833. The number of rotatable bonds is 7. The van der Waals surface area contributed by atoms with Gasteiger partial charge in [0.05, 0.1) is 18.8 Å². The van der Waals surface area contributed by atoms with Gasteiger partial charge < -0.3 is 15.4 Å². The predicted octanol–water partition coefficient (Wildman–Crippen LogP) is 4.57. The Morgan fingerprint density at radius 1 is 1.18 bits per heavy atom. The maximum absolute atomic E-state index is 12.2. The van der Waals surface area contributed by atoms with E-state index in [1.54, 1.807) is 23.5 Å². The molecule has 1 aromatic carbocycles. The summed E-state index contributed by atoms with van der Waals surface area (Å²) >= 11 is 1.65. The van der Waals surface area contributed by atoms with E-state index in [4.69, 9.17) is 4.74 Å². The number of hydrogen-bond acceptors (Lipinski definition) is 4. The van der Waals surface area contributed by atoms with Crippen molar-refractivity contribution in [3.8, 4) is 5.75 Å². The molecule has 2 rings (SSSR count). The minimum atomic E-state index is -4.34. The lowest BCUT2D eigenvalue weighted by Gasteiger charge is -2.11. The third-order valence-corrected chi connectivity index (χ3v) is 4.64. The van der Waals surface area contributed by atoms with Crippen LogP contribution in [-0.2, 0) is 13.1 Å². The zero-order valence-corrected chi connectivity index (χ0v) is 19.0. The van der Waals surface area contributed by atoms with Crippen LogP contribution in [0, 0.1) is 13.8 Å². The summed E-state index contributed by atoms with van der Waals surface area (Å²) in [5, 5.41) is 7.38. The Morgan fingerprint density at radius 3 is 2.39 bits per heavy atom. The molecule has 0 spiro atoms. The Kier molecular flexibility index (Phi) is 10.0. The van der Waals surface area contributed by atoms with Gasteiger partial charge in [-0.2, -0.15) is 13.2 Å². The fourth-order valence-electron chi connectivity index (χ4n) is 2.14. The maximum atomic E-state index is 12.2. The summed E-state index contributed by atoms with van der Waals surface area (Å²) in [4.78, 5) is 10.2. The molecule has 10 heteroatoms. The van der Waals surface area contributed by atoms with Gasteiger partial charge in [-0.25, -0.2) is 9.98 Å². The van der Waals surface area contributed by atoms with Gasteiger partial charge in [0, 0.05) is 11.4 Å². The molecule has 28 heavy (non-hydrogen) atoms. The molecule has 156 valence electrons. The Bertz CT molecular complexity index is 744. The number of nitrogens with one attached hydrogen (secondary N) is 2. The van der Waals surface area contributed by atoms with Crippen molar-refractivity contribution in [2.24, 2.45) is 4.99 Å². The second-order valence-corrected chi connectivity index (χ2v) is 7.13. The van der Waals surface area contributed by atoms with Gasteiger partial charge >= 0.3 is 6.18 Å². The number of nitrogens with zero attached hydrogens (tertiary/aromatic N) is 2. The standard InChI is InChI=1S/C18H23F3N4OS.HI/c1-4-22-17(24-10-16-25-12(2)13(3)27-16)23-9-14-5-7-15(8-6-14)26-11-18(19,20)21;/h5-8H,4,9-11H2,1-3H3,(H2,22,23,24);1H. The molecule has 1 heterocycles. The Labute approximate surface area is 183 Å². The van der Waals surface area contributed by atoms with Gasteiger partial charge in [0.15, 0.2) is 12.6 Å². The van der Waals surface area contributed by atoms with E-state index in [9.17, 15) is 13.2 Å². The highest BCUT2D eigenvalue weighted by Crippen LogP contribution is 2.19. The zero-order valence-electron chi connectivity index (χ0n) is 15.9. The van der Waals surface area contributed by atoms with Crippen LogP contribution in [0.2, 0.25) is 0 Å². The fourth-order valence-corrected chi connectivity index (χ4v) is 3.02. The molecule has 0 saturated heterocycles. The van der Waals surface area contributed by atoms with E-state index in [-0.39, 0.29) is 29.7 Å². The van der Waals surface area contributed by atoms with Crippen molar-refractivity contribution < 1.29 is 17.9 Å². The van der Waals surface area contributed by atoms with E-state index in [0.717, 1.165) is 16.3 Å². The lowest BCUT2D eigenvalue weighted by molar-refractivity contribution is -0.153. The maximum Gasteiger partial charge on any atom is 0.422 e. The van der Waals surface area contributed by atoms with Crippen LogP contribution in [0.4, 0.5) is 13.2 Å². The molecule has 0 aliphatic rings. The molecule has 0 fully saturated rings. The zero-order chi connectivity index (χ0) is 19.9. The first-order valence-electron chi connectivity index (χ1n) is 8.50. The molecule has 0 aliphatic heterocycles. The SMILES string of the molecule is CCNC(=NCc1ccc(OCC(F)(F)F)cc1)NCc1nc(C)c(C)s1.I. The molecule has 1 aromatic heterocycles. The molecule has 0 saturated carbocycles. The average molecular weight is 528 g/mol. The highest BCUT2D eigenvalue weighted by molar-refractivity contribution is 14.0. The quantitative estimate of drug-likeness (QED) is 0.314. The average Bonchev–Trinajstić information content (AvgIpc) is 2.94. The summed E-state index contributed by atoms with van der Waals surface area (Å²) in [6, 6.07) is 6.43. The van der Waals surface area contributed by atoms with Crippen molar-refractivity contribution in [1.29, 1.82) is 0 Å². The van der Waals surface area contributed by atoms with Crippen LogP contribution in [0.25, 0.3) is 0 Å². The summed E-state index contributed by atoms with van der Waals surface area (Å²) in [7, 11) is 0. The topological polar surface area (TPSA) is 58.5 Å². The number of thiazole rings is 1. The van der Waals surface area contributed by atoms with Gasteiger partial charge in [0.25, 0.3) is 0 Å². The van der Waals surface area contributed by atoms with Gasteiger partial charge in [-0.15, -0.1) is 35.3 Å². The number of hydrogen-bond donors (Lipinski definition) is 2. The van der Waals surface area contributed by atoms with Gasteiger partial charge in [0.1, 0.15) is 10.8 Å². The number of benzene rings is 1. The first-order chi connectivity index (χ1) is 12.8. The number of alkyl halides is 3. The number of aryl methyl sites for hydroxylation is 2. The predicted molar refractivity (Wildman–Crippen MR) is 117 cm³/mol. The fraction of sp³-hybridized carbons (Fsp3) is 0.444. The van der Waals surface area contributed by atoms with Gasteiger partial charge in [-0.3, -0.25) is 0 Å². The van der Waals surface area contributed by atoms with Crippen molar-refractivity contribution in [1.82, 2.24) is 15.6 Å². The van der Waals surface area contributed by atoms with Crippen molar-refractivity contribution in [3.05, 3.63) is 45.4 Å². The molecule has 2 aromatic rings. The third-order valence-electron chi connectivity index (χ3n) is 3.57. The van der Waals surface area contributed by atoms with Gasteiger partial charge in [0.2, 0.25) is 0 Å². The highest BCUT2D eigenvalue weighted by atomic mass is 127. The first-order valence-corrected chi connectivity index (χ1v) is 9.32. The molecular formula is C18H24F3IN4OS. The second-order valence-electron chi connectivity index (χ2n) is 5.85. The molecule has 0 bridgehead atoms. The third kappa shape index (κ3) is 8.63. The van der Waals surface area contributed by atoms with Gasteiger partial charge in [-0.1, -0.05) is 12.1 Å². The minimum Gasteiger partial charge on any atom is -0.484 e. The van der Waals surface area contributed by atoms with E-state index in [1.807, 2.05) is 20.8 Å². The smallest absolute Gasteiger partial charge is 0.422 e. The number of aliphatic imine (C=N–C) groups is 1. The van der Waals surface area contributed by atoms with Crippen LogP contribution >= 0.6 is 35.3 Å². The van der Waals surface area contributed by atoms with Crippen LogP contribution in [0.3, 0.4) is 0 Å². The van der Waals surface area contributed by atoms with Crippen LogP contribution in [0.5, 0.6) is 5.75 Å². The Balaban J connectivity index is 0.00000392. The van der Waals surface area contributed by atoms with E-state index < -0.39 is 12.8 Å². The van der Waals surface area contributed by atoms with E-state index in [1.165, 1.54) is 17.0 Å². The molecule has 0 aliphatic carbocycles. The summed E-state index contributed by atoms with van der Waals surface area (Å²) in [6.45, 7) is 6.39.